The van der Waals surface area contributed by atoms with Gasteiger partial charge >= 0.3 is 5.97 Å². The highest BCUT2D eigenvalue weighted by molar-refractivity contribution is 7.99. The van der Waals surface area contributed by atoms with Crippen LogP contribution in [0, 0.1) is 11.3 Å². The van der Waals surface area contributed by atoms with Crippen LogP contribution in [0.5, 0.6) is 0 Å². The van der Waals surface area contributed by atoms with Crippen molar-refractivity contribution in [1.82, 2.24) is 0 Å². The van der Waals surface area contributed by atoms with Crippen LogP contribution in [0.15, 0.2) is 95.4 Å². The molecule has 0 aromatic heterocycles. The van der Waals surface area contributed by atoms with Crippen molar-refractivity contribution in [2.24, 2.45) is 0 Å². The predicted molar refractivity (Wildman–Crippen MR) is 172 cm³/mol. The summed E-state index contributed by atoms with van der Waals surface area (Å²) in [5, 5.41) is 18.6. The summed E-state index contributed by atoms with van der Waals surface area (Å²) in [6.07, 6.45) is 7.19. The molecule has 0 bridgehead atoms. The second kappa shape index (κ2) is 10.7. The number of carboxylic acid groups (broad SMARTS) is 1. The average molecular weight is 567 g/mol. The maximum Gasteiger partial charge on any atom is 0.346 e. The number of rotatable bonds is 6. The van der Waals surface area contributed by atoms with Gasteiger partial charge in [0.1, 0.15) is 11.6 Å². The Morgan fingerprint density at radius 3 is 2.48 bits per heavy atom. The smallest absolute Gasteiger partial charge is 0.346 e. The van der Waals surface area contributed by atoms with Gasteiger partial charge in [-0.3, -0.25) is 0 Å². The number of nitriles is 1. The van der Waals surface area contributed by atoms with Gasteiger partial charge in [0.2, 0.25) is 0 Å². The van der Waals surface area contributed by atoms with E-state index in [4.69, 9.17) is 0 Å². The Kier molecular flexibility index (Phi) is 6.72. The van der Waals surface area contributed by atoms with Gasteiger partial charge in [0.25, 0.3) is 0 Å². The van der Waals surface area contributed by atoms with E-state index in [1.165, 1.54) is 61.3 Å². The van der Waals surface area contributed by atoms with Gasteiger partial charge < -0.3 is 10.0 Å². The van der Waals surface area contributed by atoms with Crippen LogP contribution in [-0.4, -0.2) is 22.9 Å². The number of nitrogens with zero attached hydrogens (tertiary/aromatic N) is 2. The van der Waals surface area contributed by atoms with Crippen LogP contribution in [0.3, 0.4) is 0 Å². The minimum Gasteiger partial charge on any atom is -0.477 e. The van der Waals surface area contributed by atoms with Crippen LogP contribution in [0.2, 0.25) is 0 Å². The number of aliphatic carboxylic acids is 1. The summed E-state index contributed by atoms with van der Waals surface area (Å²) in [6.45, 7) is 2.18. The zero-order chi connectivity index (χ0) is 28.8. The number of anilines is 2. The number of fused-ring (bicyclic) bond motifs is 6. The first kappa shape index (κ1) is 26.4. The summed E-state index contributed by atoms with van der Waals surface area (Å²) < 4.78 is 0. The molecule has 1 saturated carbocycles. The first-order chi connectivity index (χ1) is 20.6. The van der Waals surface area contributed by atoms with E-state index in [2.05, 4.69) is 96.8 Å². The van der Waals surface area contributed by atoms with Crippen LogP contribution >= 0.6 is 11.8 Å². The van der Waals surface area contributed by atoms with Crippen LogP contribution in [0.1, 0.15) is 59.9 Å². The van der Waals surface area contributed by atoms with Gasteiger partial charge in [-0.1, -0.05) is 61.9 Å². The number of benzene rings is 4. The highest BCUT2D eigenvalue weighted by Crippen LogP contribution is 2.54. The monoisotopic (exact) mass is 566 g/mol. The Hall–Kier alpha value is -4.53. The highest BCUT2D eigenvalue weighted by atomic mass is 32.2. The standard InChI is InChI=1S/C37H30N2O2S/c1-2-42-27-14-10-23(11-15-27)19-32-29-7-4-3-6-28(29)30-16-13-26(21-33(30)32)39-35-9-5-8-31(35)34-20-24(12-17-36(34)39)18-25(22-38)37(40)41/h3-4,6-7,10-21,31,35H,2,5,8-9H2,1H3,(H,40,41)/b25-18+,32-19+. The number of carbonyl (C=O) groups is 1. The van der Waals surface area contributed by atoms with Crippen molar-refractivity contribution in [2.75, 3.05) is 10.7 Å². The first-order valence-electron chi connectivity index (χ1n) is 14.5. The molecule has 3 aliphatic rings. The lowest BCUT2D eigenvalue weighted by atomic mass is 9.95. The molecule has 1 N–H and O–H groups in total. The number of hydrogen-bond acceptors (Lipinski definition) is 4. The topological polar surface area (TPSA) is 64.3 Å². The van der Waals surface area contributed by atoms with Crippen molar-refractivity contribution in [1.29, 1.82) is 5.26 Å². The van der Waals surface area contributed by atoms with E-state index in [0.717, 1.165) is 30.6 Å². The quantitative estimate of drug-likeness (QED) is 0.126. The molecule has 1 aliphatic heterocycles. The predicted octanol–water partition coefficient (Wildman–Crippen LogP) is 9.15. The van der Waals surface area contributed by atoms with Crippen molar-refractivity contribution in [2.45, 2.75) is 43.0 Å². The number of thioether (sulfide) groups is 1. The molecule has 4 aromatic carbocycles. The lowest BCUT2D eigenvalue weighted by Gasteiger charge is -2.28. The van der Waals surface area contributed by atoms with Gasteiger partial charge in [-0.15, -0.1) is 11.8 Å². The normalized spacial score (nSPS) is 19.3. The van der Waals surface area contributed by atoms with Crippen molar-refractivity contribution >= 4 is 46.8 Å². The molecule has 2 unspecified atom stereocenters. The van der Waals surface area contributed by atoms with Crippen LogP contribution < -0.4 is 4.90 Å². The maximum absolute atomic E-state index is 11.4. The highest BCUT2D eigenvalue weighted by Gasteiger charge is 2.42. The van der Waals surface area contributed by atoms with Gasteiger partial charge in [-0.25, -0.2) is 4.79 Å². The van der Waals surface area contributed by atoms with E-state index in [9.17, 15) is 15.2 Å². The van der Waals surface area contributed by atoms with E-state index < -0.39 is 5.97 Å². The van der Waals surface area contributed by atoms with Crippen molar-refractivity contribution in [3.05, 3.63) is 118 Å². The number of hydrogen-bond donors (Lipinski definition) is 1. The fourth-order valence-corrected chi connectivity index (χ4v) is 7.66. The van der Waals surface area contributed by atoms with Gasteiger partial charge in [-0.05, 0) is 112 Å². The third-order valence-corrected chi connectivity index (χ3v) is 9.66. The third-order valence-electron chi connectivity index (χ3n) is 8.76. The van der Waals surface area contributed by atoms with Crippen LogP contribution in [0.4, 0.5) is 11.4 Å². The lowest BCUT2D eigenvalue weighted by molar-refractivity contribution is -0.132. The second-order valence-electron chi connectivity index (χ2n) is 11.1. The Morgan fingerprint density at radius 2 is 1.71 bits per heavy atom. The molecule has 1 fully saturated rings. The fraction of sp³-hybridized carbons (Fsp3) is 0.189. The lowest BCUT2D eigenvalue weighted by Crippen LogP contribution is -2.26. The Morgan fingerprint density at radius 1 is 0.952 bits per heavy atom. The summed E-state index contributed by atoms with van der Waals surface area (Å²) in [6, 6.07) is 32.7. The molecule has 7 rings (SSSR count). The molecule has 0 spiro atoms. The maximum atomic E-state index is 11.4. The van der Waals surface area contributed by atoms with E-state index in [0.29, 0.717) is 12.0 Å². The van der Waals surface area contributed by atoms with Crippen molar-refractivity contribution < 1.29 is 9.90 Å². The molecular weight excluding hydrogens is 536 g/mol. The van der Waals surface area contributed by atoms with E-state index >= 15 is 0 Å². The molecule has 5 heteroatoms. The van der Waals surface area contributed by atoms with Gasteiger partial charge in [0, 0.05) is 28.2 Å². The zero-order valence-electron chi connectivity index (χ0n) is 23.4. The molecule has 0 amide bonds. The molecular formula is C37H30N2O2S. The van der Waals surface area contributed by atoms with Crippen molar-refractivity contribution in [3.63, 3.8) is 0 Å². The first-order valence-corrected chi connectivity index (χ1v) is 15.5. The van der Waals surface area contributed by atoms with Gasteiger partial charge in [-0.2, -0.15) is 5.26 Å². The Bertz CT molecular complexity index is 1830. The zero-order valence-corrected chi connectivity index (χ0v) is 24.2. The summed E-state index contributed by atoms with van der Waals surface area (Å²) in [5.74, 6) is 0.257. The molecule has 4 nitrogen and oxygen atoms in total. The Balaban J connectivity index is 1.31. The van der Waals surface area contributed by atoms with Crippen LogP contribution in [-0.2, 0) is 4.79 Å². The summed E-state index contributed by atoms with van der Waals surface area (Å²) in [4.78, 5) is 15.2. The molecule has 206 valence electrons. The molecule has 1 heterocycles. The second-order valence-corrected chi connectivity index (χ2v) is 12.4. The average Bonchev–Trinajstić information content (AvgIpc) is 3.68. The van der Waals surface area contributed by atoms with Crippen molar-refractivity contribution in [3.8, 4) is 17.2 Å². The SMILES string of the molecule is CCSc1ccc(/C=C2\c3ccccc3-c3ccc(N4c5ccc(/C=C(\C#N)C(=O)O)cc5C5CCCC54)cc32)cc1. The van der Waals surface area contributed by atoms with Crippen LogP contribution in [0.25, 0.3) is 28.9 Å². The van der Waals surface area contributed by atoms with E-state index in [-0.39, 0.29) is 5.57 Å². The minimum absolute atomic E-state index is 0.246. The summed E-state index contributed by atoms with van der Waals surface area (Å²) in [7, 11) is 0. The summed E-state index contributed by atoms with van der Waals surface area (Å²) >= 11 is 1.86. The van der Waals surface area contributed by atoms with E-state index in [1.807, 2.05) is 17.8 Å². The Labute approximate surface area is 250 Å². The largest absolute Gasteiger partial charge is 0.477 e. The molecule has 0 saturated heterocycles. The fourth-order valence-electron chi connectivity index (χ4n) is 7.00. The molecule has 42 heavy (non-hydrogen) atoms. The molecule has 2 atom stereocenters. The third kappa shape index (κ3) is 4.44. The number of carboxylic acids is 1. The molecule has 0 radical (unpaired) electrons. The minimum atomic E-state index is -1.20. The van der Waals surface area contributed by atoms with Gasteiger partial charge in [0.15, 0.2) is 0 Å². The molecule has 4 aromatic rings. The summed E-state index contributed by atoms with van der Waals surface area (Å²) in [5.41, 5.74) is 11.6. The van der Waals surface area contributed by atoms with E-state index in [1.54, 1.807) is 6.07 Å². The van der Waals surface area contributed by atoms with Gasteiger partial charge in [0.05, 0.1) is 0 Å². The molecule has 2 aliphatic carbocycles.